The summed E-state index contributed by atoms with van der Waals surface area (Å²) in [5, 5.41) is 10.3. The molecule has 126 valence electrons. The van der Waals surface area contributed by atoms with Crippen LogP contribution in [0.15, 0.2) is 53.9 Å². The highest BCUT2D eigenvalue weighted by Crippen LogP contribution is 2.25. The minimum atomic E-state index is 0.584. The first kappa shape index (κ1) is 16.3. The molecule has 0 spiro atoms. The van der Waals surface area contributed by atoms with E-state index in [1.54, 1.807) is 12.1 Å². The molecule has 0 aliphatic carbocycles. The van der Waals surface area contributed by atoms with Crippen molar-refractivity contribution in [3.8, 4) is 11.4 Å². The lowest BCUT2D eigenvalue weighted by Crippen LogP contribution is -2.11. The van der Waals surface area contributed by atoms with Crippen LogP contribution in [0.25, 0.3) is 17.0 Å². The number of thioether (sulfide) groups is 1. The van der Waals surface area contributed by atoms with Crippen molar-refractivity contribution in [2.75, 3.05) is 5.84 Å². The van der Waals surface area contributed by atoms with Gasteiger partial charge in [0.05, 0.1) is 10.7 Å². The minimum absolute atomic E-state index is 0.584. The van der Waals surface area contributed by atoms with E-state index in [1.807, 2.05) is 41.1 Å². The van der Waals surface area contributed by atoms with Crippen LogP contribution in [0.5, 0.6) is 0 Å². The number of nitrogen functional groups attached to an aromatic ring is 1. The van der Waals surface area contributed by atoms with Gasteiger partial charge in [-0.1, -0.05) is 35.0 Å². The highest BCUT2D eigenvalue weighted by molar-refractivity contribution is 7.98. The van der Waals surface area contributed by atoms with Gasteiger partial charge >= 0.3 is 0 Å². The fourth-order valence-electron chi connectivity index (χ4n) is 2.40. The fourth-order valence-corrected chi connectivity index (χ4v) is 3.43. The van der Waals surface area contributed by atoms with E-state index >= 15 is 0 Å². The van der Waals surface area contributed by atoms with E-state index in [4.69, 9.17) is 29.0 Å². The molecule has 0 amide bonds. The molecule has 1 aromatic carbocycles. The maximum absolute atomic E-state index is 6.13. The summed E-state index contributed by atoms with van der Waals surface area (Å²) in [6.45, 7) is 0. The summed E-state index contributed by atoms with van der Waals surface area (Å²) in [6, 6.07) is 11.0. The average Bonchev–Trinajstić information content (AvgIpc) is 3.16. The number of nitrogens with zero attached hydrogens (tertiary/aromatic N) is 5. The topological polar surface area (TPSA) is 74.0 Å². The number of aromatic nitrogens is 5. The summed E-state index contributed by atoms with van der Waals surface area (Å²) in [7, 11) is 0. The predicted octanol–water partition coefficient (Wildman–Crippen LogP) is 3.91. The van der Waals surface area contributed by atoms with Crippen molar-refractivity contribution in [2.24, 2.45) is 0 Å². The van der Waals surface area contributed by atoms with Gasteiger partial charge in [0.1, 0.15) is 5.65 Å². The molecule has 4 aromatic rings. The average molecular weight is 391 g/mol. The first-order valence-corrected chi connectivity index (χ1v) is 9.07. The maximum atomic E-state index is 6.13. The molecule has 0 unspecified atom stereocenters. The number of hydrogen-bond donors (Lipinski definition) is 1. The van der Waals surface area contributed by atoms with Gasteiger partial charge in [0.25, 0.3) is 0 Å². The van der Waals surface area contributed by atoms with Crippen LogP contribution in [-0.2, 0) is 5.75 Å². The predicted molar refractivity (Wildman–Crippen MR) is 100 cm³/mol. The van der Waals surface area contributed by atoms with Crippen LogP contribution in [0.3, 0.4) is 0 Å². The second-order valence-electron chi connectivity index (χ2n) is 5.32. The molecular formula is C16H12Cl2N6S. The van der Waals surface area contributed by atoms with Crippen molar-refractivity contribution < 1.29 is 0 Å². The fraction of sp³-hybridized carbons (Fsp3) is 0.0625. The number of halogens is 2. The SMILES string of the molecule is Nn1c(SCc2cn3cc(Cl)ccc3n2)nnc1-c1ccc(Cl)cc1. The lowest BCUT2D eigenvalue weighted by Gasteiger charge is -2.03. The van der Waals surface area contributed by atoms with Gasteiger partial charge < -0.3 is 10.2 Å². The van der Waals surface area contributed by atoms with Crippen molar-refractivity contribution in [2.45, 2.75) is 10.9 Å². The van der Waals surface area contributed by atoms with Gasteiger partial charge in [0.2, 0.25) is 5.16 Å². The van der Waals surface area contributed by atoms with Crippen molar-refractivity contribution in [1.82, 2.24) is 24.3 Å². The number of benzene rings is 1. The highest BCUT2D eigenvalue weighted by atomic mass is 35.5. The summed E-state index contributed by atoms with van der Waals surface area (Å²) in [6.07, 6.45) is 3.76. The molecule has 0 radical (unpaired) electrons. The molecule has 0 saturated heterocycles. The Morgan fingerprint density at radius 1 is 0.960 bits per heavy atom. The standard InChI is InChI=1S/C16H12Cl2N6S/c17-11-3-1-10(2-4-11)15-21-22-16(24(15)19)25-9-13-8-23-7-12(18)5-6-14(23)20-13/h1-8H,9,19H2. The molecule has 2 N–H and O–H groups in total. The third-order valence-electron chi connectivity index (χ3n) is 3.58. The largest absolute Gasteiger partial charge is 0.335 e. The first-order chi connectivity index (χ1) is 12.1. The van der Waals surface area contributed by atoms with Crippen LogP contribution in [0.2, 0.25) is 10.0 Å². The van der Waals surface area contributed by atoms with Gasteiger partial charge in [-0.2, -0.15) is 0 Å². The molecule has 0 fully saturated rings. The Bertz CT molecular complexity index is 1040. The normalized spacial score (nSPS) is 11.3. The van der Waals surface area contributed by atoms with Crippen LogP contribution in [-0.4, -0.2) is 24.3 Å². The van der Waals surface area contributed by atoms with Crippen molar-refractivity contribution in [3.63, 3.8) is 0 Å². The first-order valence-electron chi connectivity index (χ1n) is 7.32. The van der Waals surface area contributed by atoms with Gasteiger partial charge in [-0.05, 0) is 36.4 Å². The molecule has 6 nitrogen and oxygen atoms in total. The van der Waals surface area contributed by atoms with Gasteiger partial charge in [0.15, 0.2) is 5.82 Å². The zero-order valence-corrected chi connectivity index (χ0v) is 15.1. The lowest BCUT2D eigenvalue weighted by atomic mass is 10.2. The van der Waals surface area contributed by atoms with Crippen molar-refractivity contribution >= 4 is 40.6 Å². The van der Waals surface area contributed by atoms with E-state index in [0.29, 0.717) is 26.8 Å². The summed E-state index contributed by atoms with van der Waals surface area (Å²) < 4.78 is 3.37. The second-order valence-corrected chi connectivity index (χ2v) is 7.13. The molecule has 0 atom stereocenters. The summed E-state index contributed by atoms with van der Waals surface area (Å²) in [5.74, 6) is 7.33. The molecule has 0 aliphatic heterocycles. The van der Waals surface area contributed by atoms with Gasteiger partial charge in [-0.15, -0.1) is 10.2 Å². The highest BCUT2D eigenvalue weighted by Gasteiger charge is 2.13. The van der Waals surface area contributed by atoms with Crippen LogP contribution in [0.4, 0.5) is 0 Å². The lowest BCUT2D eigenvalue weighted by molar-refractivity contribution is 0.849. The van der Waals surface area contributed by atoms with Crippen molar-refractivity contribution in [1.29, 1.82) is 0 Å². The van der Waals surface area contributed by atoms with E-state index in [0.717, 1.165) is 16.9 Å². The molecule has 3 aromatic heterocycles. The van der Waals surface area contributed by atoms with E-state index in [-0.39, 0.29) is 0 Å². The Labute approximate surface area is 157 Å². The third kappa shape index (κ3) is 3.30. The van der Waals surface area contributed by atoms with E-state index in [9.17, 15) is 0 Å². The van der Waals surface area contributed by atoms with Crippen LogP contribution in [0, 0.1) is 0 Å². The third-order valence-corrected chi connectivity index (χ3v) is 5.03. The number of nitrogens with two attached hydrogens (primary N) is 1. The number of rotatable bonds is 4. The van der Waals surface area contributed by atoms with Crippen LogP contribution < -0.4 is 5.84 Å². The van der Waals surface area contributed by atoms with Gasteiger partial charge in [0, 0.05) is 28.7 Å². The molecule has 0 saturated carbocycles. The molecule has 25 heavy (non-hydrogen) atoms. The Kier molecular flexibility index (Phi) is 4.29. The Hall–Kier alpha value is -2.22. The number of hydrogen-bond acceptors (Lipinski definition) is 5. The van der Waals surface area contributed by atoms with E-state index < -0.39 is 0 Å². The van der Waals surface area contributed by atoms with Crippen molar-refractivity contribution in [3.05, 3.63) is 64.5 Å². The number of fused-ring (bicyclic) bond motifs is 1. The monoisotopic (exact) mass is 390 g/mol. The van der Waals surface area contributed by atoms with E-state index in [2.05, 4.69) is 15.2 Å². The van der Waals surface area contributed by atoms with Crippen LogP contribution in [0.1, 0.15) is 5.69 Å². The quantitative estimate of drug-likeness (QED) is 0.422. The molecule has 4 rings (SSSR count). The minimum Gasteiger partial charge on any atom is -0.335 e. The molecule has 3 heterocycles. The molecule has 0 bridgehead atoms. The Morgan fingerprint density at radius 3 is 2.52 bits per heavy atom. The van der Waals surface area contributed by atoms with E-state index in [1.165, 1.54) is 16.4 Å². The second kappa shape index (κ2) is 6.59. The summed E-state index contributed by atoms with van der Waals surface area (Å²) in [5.41, 5.74) is 2.60. The maximum Gasteiger partial charge on any atom is 0.210 e. The van der Waals surface area contributed by atoms with Gasteiger partial charge in [-0.3, -0.25) is 0 Å². The molecule has 9 heteroatoms. The Morgan fingerprint density at radius 2 is 1.72 bits per heavy atom. The number of imidazole rings is 1. The Balaban J connectivity index is 1.53. The van der Waals surface area contributed by atoms with Gasteiger partial charge in [-0.25, -0.2) is 9.66 Å². The molecule has 0 aliphatic rings. The summed E-state index contributed by atoms with van der Waals surface area (Å²) >= 11 is 13.4. The zero-order valence-electron chi connectivity index (χ0n) is 12.8. The zero-order chi connectivity index (χ0) is 17.4. The van der Waals surface area contributed by atoms with Crippen LogP contribution >= 0.6 is 35.0 Å². The molecular weight excluding hydrogens is 379 g/mol. The smallest absolute Gasteiger partial charge is 0.210 e. The summed E-state index contributed by atoms with van der Waals surface area (Å²) in [4.78, 5) is 4.54. The number of pyridine rings is 1.